The summed E-state index contributed by atoms with van der Waals surface area (Å²) in [7, 11) is -2.72. The number of nitrogens with one attached hydrogen (secondary N) is 3. The van der Waals surface area contributed by atoms with E-state index in [0.29, 0.717) is 28.4 Å². The van der Waals surface area contributed by atoms with Crippen molar-refractivity contribution in [3.8, 4) is 17.2 Å². The molecule has 5 aromatic carbocycles. The minimum Gasteiger partial charge on any atom is -0.496 e. The van der Waals surface area contributed by atoms with Crippen molar-refractivity contribution in [2.75, 3.05) is 49.4 Å². The van der Waals surface area contributed by atoms with Gasteiger partial charge in [0.1, 0.15) is 17.2 Å². The van der Waals surface area contributed by atoms with Gasteiger partial charge in [0.05, 0.1) is 42.8 Å². The molecule has 0 radical (unpaired) electrons. The highest BCUT2D eigenvalue weighted by atomic mass is 32.2. The average molecular weight is 907 g/mol. The van der Waals surface area contributed by atoms with Gasteiger partial charge in [-0.05, 0) is 108 Å². The molecule has 0 unspecified atom stereocenters. The van der Waals surface area contributed by atoms with Crippen LogP contribution in [0.25, 0.3) is 0 Å². The minimum absolute atomic E-state index is 0.00298. The van der Waals surface area contributed by atoms with E-state index in [-0.39, 0.29) is 51.4 Å². The van der Waals surface area contributed by atoms with E-state index in [1.807, 2.05) is 12.1 Å². The maximum Gasteiger partial charge on any atom is 0.259 e. The van der Waals surface area contributed by atoms with Crippen molar-refractivity contribution in [1.29, 1.82) is 0 Å². The summed E-state index contributed by atoms with van der Waals surface area (Å²) < 4.78 is 39.5. The maximum atomic E-state index is 14.3. The number of rotatable bonds is 21. The summed E-state index contributed by atoms with van der Waals surface area (Å²) in [5.74, 6) is -1.08. The van der Waals surface area contributed by atoms with Gasteiger partial charge in [-0.3, -0.25) is 19.2 Å². The quantitative estimate of drug-likeness (QED) is 0.0351. The third-order valence-corrected chi connectivity index (χ3v) is 13.4. The summed E-state index contributed by atoms with van der Waals surface area (Å²) >= 11 is 0. The molecule has 0 saturated carbocycles. The van der Waals surface area contributed by atoms with Gasteiger partial charge >= 0.3 is 0 Å². The fraction of sp³-hybridized carbons (Fsp3) is 0.320. The van der Waals surface area contributed by atoms with E-state index in [1.54, 1.807) is 60.7 Å². The lowest BCUT2D eigenvalue weighted by atomic mass is 9.76. The molecule has 0 atom stereocenters. The summed E-state index contributed by atoms with van der Waals surface area (Å²) in [5.41, 5.74) is 3.02. The summed E-state index contributed by atoms with van der Waals surface area (Å²) in [5, 5.41) is 27.2. The van der Waals surface area contributed by atoms with Crippen molar-refractivity contribution in [2.45, 2.75) is 76.5 Å². The zero-order valence-corrected chi connectivity index (χ0v) is 38.7. The standard InChI is InChI=1S/C50H58N4O10S/c1-8-49(3,4)34-17-23-45(41(30-34)50(5,6)9-2)64-44-24-22-37(53-47(59)33-13-12-14-38(29-33)65(61,62)54(25-27-55)26-28-56)31-40(44)48(60)52-36-20-18-35(19-21-36)51-46(58)32-42(57)39-15-10-11-16-43(39)63-7/h10-24,29-31,55-56H,8-9,25-28,32H2,1-7H3,(H,51,58)(H,52,60)(H,53,59). The number of para-hydroxylation sites is 1. The highest BCUT2D eigenvalue weighted by Gasteiger charge is 2.29. The van der Waals surface area contributed by atoms with Crippen LogP contribution in [0.15, 0.2) is 114 Å². The molecule has 0 saturated heterocycles. The number of nitrogens with zero attached hydrogens (tertiary/aromatic N) is 1. The van der Waals surface area contributed by atoms with E-state index in [2.05, 4.69) is 63.6 Å². The molecule has 5 rings (SSSR count). The molecular formula is C50H58N4O10S. The number of ketones is 1. The van der Waals surface area contributed by atoms with Crippen molar-refractivity contribution in [3.63, 3.8) is 0 Å². The first kappa shape index (κ1) is 49.6. The minimum atomic E-state index is -4.17. The number of ether oxygens (including phenoxy) is 2. The first-order valence-corrected chi connectivity index (χ1v) is 22.8. The molecule has 0 fully saturated rings. The molecule has 15 heteroatoms. The van der Waals surface area contributed by atoms with Crippen molar-refractivity contribution in [3.05, 3.63) is 137 Å². The molecule has 14 nitrogen and oxygen atoms in total. The van der Waals surface area contributed by atoms with Crippen molar-refractivity contribution in [1.82, 2.24) is 4.31 Å². The number of hydrogen-bond acceptors (Lipinski definition) is 10. The second-order valence-electron chi connectivity index (χ2n) is 16.7. The van der Waals surface area contributed by atoms with Gasteiger partial charge < -0.3 is 35.6 Å². The summed E-state index contributed by atoms with van der Waals surface area (Å²) in [6.45, 7) is 11.5. The van der Waals surface area contributed by atoms with Crippen molar-refractivity contribution in [2.24, 2.45) is 0 Å². The van der Waals surface area contributed by atoms with Gasteiger partial charge in [0, 0.05) is 41.3 Å². The van der Waals surface area contributed by atoms with E-state index < -0.39 is 53.2 Å². The van der Waals surface area contributed by atoms with Gasteiger partial charge in [-0.1, -0.05) is 71.9 Å². The molecule has 0 aliphatic heterocycles. The van der Waals surface area contributed by atoms with Gasteiger partial charge in [-0.15, -0.1) is 0 Å². The van der Waals surface area contributed by atoms with E-state index >= 15 is 0 Å². The largest absolute Gasteiger partial charge is 0.496 e. The second-order valence-corrected chi connectivity index (χ2v) is 18.6. The number of carbonyl (C=O) groups is 4. The molecule has 5 N–H and O–H groups in total. The van der Waals surface area contributed by atoms with Gasteiger partial charge in [0.2, 0.25) is 15.9 Å². The Balaban J connectivity index is 1.45. The average Bonchev–Trinajstić information content (AvgIpc) is 3.29. The number of aliphatic hydroxyl groups is 2. The number of methoxy groups -OCH3 is 1. The van der Waals surface area contributed by atoms with Crippen LogP contribution >= 0.6 is 0 Å². The number of aliphatic hydroxyl groups excluding tert-OH is 2. The molecule has 0 aliphatic rings. The number of Topliss-reactive ketones (excluding diaryl/α,β-unsaturated/α-hetero) is 1. The number of benzene rings is 5. The van der Waals surface area contributed by atoms with Crippen LogP contribution in [-0.2, 0) is 25.6 Å². The van der Waals surface area contributed by atoms with Crippen LogP contribution in [0.2, 0.25) is 0 Å². The van der Waals surface area contributed by atoms with Crippen LogP contribution in [0.1, 0.15) is 103 Å². The Morgan fingerprint density at radius 1 is 0.631 bits per heavy atom. The lowest BCUT2D eigenvalue weighted by Crippen LogP contribution is -2.36. The zero-order chi connectivity index (χ0) is 47.5. The van der Waals surface area contributed by atoms with Gasteiger partial charge in [0.25, 0.3) is 11.8 Å². The molecule has 0 heterocycles. The Labute approximate surface area is 381 Å². The van der Waals surface area contributed by atoms with Crippen LogP contribution in [0.3, 0.4) is 0 Å². The predicted molar refractivity (Wildman–Crippen MR) is 252 cm³/mol. The number of sulfonamides is 1. The SMILES string of the molecule is CCC(C)(C)c1ccc(Oc2ccc(NC(=O)c3cccc(S(=O)(=O)N(CCO)CCO)c3)cc2C(=O)Nc2ccc(NC(=O)CC(=O)c3ccccc3OC)cc2)c(C(C)(C)CC)c1. The van der Waals surface area contributed by atoms with Crippen LogP contribution < -0.4 is 25.4 Å². The fourth-order valence-corrected chi connectivity index (χ4v) is 8.31. The summed E-state index contributed by atoms with van der Waals surface area (Å²) in [6.07, 6.45) is 1.30. The number of hydrogen-bond donors (Lipinski definition) is 5. The number of anilines is 3. The number of carbonyl (C=O) groups excluding carboxylic acids is 4. The third kappa shape index (κ3) is 12.2. The Hall–Kier alpha value is -6.39. The third-order valence-electron chi connectivity index (χ3n) is 11.5. The second kappa shape index (κ2) is 21.5. The number of amides is 3. The normalized spacial score (nSPS) is 11.8. The molecular weight excluding hydrogens is 849 g/mol. The van der Waals surface area contributed by atoms with E-state index in [1.165, 1.54) is 37.4 Å². The van der Waals surface area contributed by atoms with Crippen LogP contribution in [0, 0.1) is 0 Å². The van der Waals surface area contributed by atoms with Crippen LogP contribution in [-0.4, -0.2) is 79.9 Å². The maximum absolute atomic E-state index is 14.3. The first-order valence-electron chi connectivity index (χ1n) is 21.3. The molecule has 0 aromatic heterocycles. The van der Waals surface area contributed by atoms with Crippen molar-refractivity contribution >= 4 is 50.6 Å². The van der Waals surface area contributed by atoms with Crippen LogP contribution in [0.4, 0.5) is 17.1 Å². The monoisotopic (exact) mass is 906 g/mol. The lowest BCUT2D eigenvalue weighted by molar-refractivity contribution is -0.115. The highest BCUT2D eigenvalue weighted by molar-refractivity contribution is 7.89. The summed E-state index contributed by atoms with van der Waals surface area (Å²) in [4.78, 5) is 53.4. The topological polar surface area (TPSA) is 201 Å². The van der Waals surface area contributed by atoms with Crippen LogP contribution in [0.5, 0.6) is 17.2 Å². The smallest absolute Gasteiger partial charge is 0.259 e. The molecule has 0 spiro atoms. The molecule has 5 aromatic rings. The Morgan fingerprint density at radius 2 is 1.23 bits per heavy atom. The zero-order valence-electron chi connectivity index (χ0n) is 37.9. The fourth-order valence-electron chi connectivity index (χ4n) is 6.84. The molecule has 0 aliphatic carbocycles. The van der Waals surface area contributed by atoms with Crippen molar-refractivity contribution < 1.29 is 47.3 Å². The summed E-state index contributed by atoms with van der Waals surface area (Å²) in [6, 6.07) is 29.0. The first-order chi connectivity index (χ1) is 30.9. The van der Waals surface area contributed by atoms with Gasteiger partial charge in [-0.2, -0.15) is 4.31 Å². The predicted octanol–water partition coefficient (Wildman–Crippen LogP) is 8.55. The Kier molecular flexibility index (Phi) is 16.4. The van der Waals surface area contributed by atoms with E-state index in [9.17, 15) is 37.8 Å². The molecule has 344 valence electrons. The lowest BCUT2D eigenvalue weighted by Gasteiger charge is -2.30. The molecule has 65 heavy (non-hydrogen) atoms. The molecule has 0 bridgehead atoms. The Bertz CT molecular complexity index is 2620. The Morgan fingerprint density at radius 3 is 1.86 bits per heavy atom. The highest BCUT2D eigenvalue weighted by Crippen LogP contribution is 2.41. The molecule has 3 amide bonds. The van der Waals surface area contributed by atoms with Gasteiger partial charge in [-0.25, -0.2) is 8.42 Å². The van der Waals surface area contributed by atoms with E-state index in [0.717, 1.165) is 28.3 Å². The van der Waals surface area contributed by atoms with E-state index in [4.69, 9.17) is 9.47 Å². The van der Waals surface area contributed by atoms with Gasteiger partial charge in [0.15, 0.2) is 5.78 Å².